The fourth-order valence-corrected chi connectivity index (χ4v) is 1.25. The minimum Gasteiger partial charge on any atom is -0.331 e. The summed E-state index contributed by atoms with van der Waals surface area (Å²) in [6.07, 6.45) is 6.80. The molecule has 14 heavy (non-hydrogen) atoms. The number of pyridine rings is 1. The lowest BCUT2D eigenvalue weighted by Crippen LogP contribution is -2.11. The van der Waals surface area contributed by atoms with Crippen molar-refractivity contribution in [2.45, 2.75) is 0 Å². The first-order chi connectivity index (χ1) is 6.86. The number of aromatic amines is 1. The van der Waals surface area contributed by atoms with Crippen LogP contribution in [0, 0.1) is 0 Å². The molecular weight excluding hydrogens is 196 g/mol. The smallest absolute Gasteiger partial charge is 0.205 e. The minimum atomic E-state index is 0.627. The van der Waals surface area contributed by atoms with Crippen molar-refractivity contribution in [1.29, 1.82) is 0 Å². The molecule has 0 saturated heterocycles. The molecule has 2 N–H and O–H groups in total. The number of hydrogen-bond acceptors (Lipinski definition) is 3. The van der Waals surface area contributed by atoms with Crippen molar-refractivity contribution in [1.82, 2.24) is 15.0 Å². The van der Waals surface area contributed by atoms with Crippen LogP contribution in [0.1, 0.15) is 5.56 Å². The highest BCUT2D eigenvalue weighted by Crippen LogP contribution is 2.03. The van der Waals surface area contributed by atoms with Gasteiger partial charge in [0.1, 0.15) is 4.99 Å². The number of hydrogen-bond donors (Lipinski definition) is 2. The van der Waals surface area contributed by atoms with Gasteiger partial charge in [-0.15, -0.1) is 0 Å². The van der Waals surface area contributed by atoms with E-state index >= 15 is 0 Å². The maximum atomic E-state index is 5.17. The number of imidazole rings is 1. The van der Waals surface area contributed by atoms with E-state index in [9.17, 15) is 0 Å². The van der Waals surface area contributed by atoms with Crippen molar-refractivity contribution < 1.29 is 0 Å². The zero-order valence-electron chi connectivity index (χ0n) is 7.27. The van der Waals surface area contributed by atoms with Crippen LogP contribution in [0.4, 0.5) is 5.95 Å². The molecule has 2 aromatic rings. The predicted octanol–water partition coefficient (Wildman–Crippen LogP) is 1.59. The Hall–Kier alpha value is -1.75. The molecule has 70 valence electrons. The average molecular weight is 204 g/mol. The number of thiocarbonyl (C=S) groups is 1. The van der Waals surface area contributed by atoms with E-state index in [4.69, 9.17) is 12.2 Å². The first kappa shape index (κ1) is 8.83. The van der Waals surface area contributed by atoms with Crippen molar-refractivity contribution in [3.05, 3.63) is 42.5 Å². The normalized spacial score (nSPS) is 9.71. The van der Waals surface area contributed by atoms with Gasteiger partial charge in [-0.1, -0.05) is 12.2 Å². The molecule has 4 nitrogen and oxygen atoms in total. The quantitative estimate of drug-likeness (QED) is 0.729. The minimum absolute atomic E-state index is 0.627. The second-order valence-electron chi connectivity index (χ2n) is 2.63. The Labute approximate surface area is 86.4 Å². The van der Waals surface area contributed by atoms with Gasteiger partial charge in [-0.3, -0.25) is 4.98 Å². The molecule has 2 rings (SSSR count). The first-order valence-corrected chi connectivity index (χ1v) is 4.48. The van der Waals surface area contributed by atoms with Crippen LogP contribution in [-0.4, -0.2) is 19.9 Å². The molecule has 2 aromatic heterocycles. The summed E-state index contributed by atoms with van der Waals surface area (Å²) in [6.45, 7) is 0. The summed E-state index contributed by atoms with van der Waals surface area (Å²) >= 11 is 5.17. The Kier molecular flexibility index (Phi) is 2.51. The van der Waals surface area contributed by atoms with E-state index < -0.39 is 0 Å². The third kappa shape index (κ3) is 1.94. The van der Waals surface area contributed by atoms with Gasteiger partial charge in [0.25, 0.3) is 0 Å². The number of anilines is 1. The Balaban J connectivity index is 2.11. The lowest BCUT2D eigenvalue weighted by molar-refractivity contribution is 1.30. The highest BCUT2D eigenvalue weighted by Gasteiger charge is 2.01. The van der Waals surface area contributed by atoms with Gasteiger partial charge in [0, 0.05) is 30.4 Å². The summed E-state index contributed by atoms with van der Waals surface area (Å²) in [5.74, 6) is 0.645. The zero-order valence-corrected chi connectivity index (χ0v) is 8.08. The monoisotopic (exact) mass is 204 g/mol. The van der Waals surface area contributed by atoms with Gasteiger partial charge in [-0.25, -0.2) is 4.98 Å². The Morgan fingerprint density at radius 3 is 2.71 bits per heavy atom. The highest BCUT2D eigenvalue weighted by atomic mass is 32.1. The fourth-order valence-electron chi connectivity index (χ4n) is 1.02. The molecule has 0 amide bonds. The molecule has 5 heteroatoms. The summed E-state index contributed by atoms with van der Waals surface area (Å²) in [4.78, 5) is 11.5. The molecule has 0 aliphatic carbocycles. The van der Waals surface area contributed by atoms with Gasteiger partial charge in [0.2, 0.25) is 5.95 Å². The molecule has 0 radical (unpaired) electrons. The Bertz CT molecular complexity index is 410. The van der Waals surface area contributed by atoms with E-state index in [2.05, 4.69) is 20.3 Å². The van der Waals surface area contributed by atoms with Crippen LogP contribution in [0.2, 0.25) is 0 Å². The summed E-state index contributed by atoms with van der Waals surface area (Å²) in [5, 5.41) is 2.98. The van der Waals surface area contributed by atoms with Crippen molar-refractivity contribution in [3.8, 4) is 0 Å². The molecule has 0 atom stereocenters. The van der Waals surface area contributed by atoms with Crippen molar-refractivity contribution in [3.63, 3.8) is 0 Å². The van der Waals surface area contributed by atoms with Crippen LogP contribution >= 0.6 is 12.2 Å². The number of H-pyrrole nitrogens is 1. The fraction of sp³-hybridized carbons (Fsp3) is 0. The first-order valence-electron chi connectivity index (χ1n) is 4.07. The third-order valence-electron chi connectivity index (χ3n) is 1.67. The Morgan fingerprint density at radius 2 is 2.07 bits per heavy atom. The lowest BCUT2D eigenvalue weighted by Gasteiger charge is -2.03. The van der Waals surface area contributed by atoms with Crippen LogP contribution in [0.25, 0.3) is 0 Å². The van der Waals surface area contributed by atoms with E-state index in [-0.39, 0.29) is 0 Å². The maximum Gasteiger partial charge on any atom is 0.205 e. The topological polar surface area (TPSA) is 53.6 Å². The predicted molar refractivity (Wildman–Crippen MR) is 58.1 cm³/mol. The zero-order chi connectivity index (χ0) is 9.80. The number of rotatable bonds is 2. The van der Waals surface area contributed by atoms with E-state index in [1.165, 1.54) is 0 Å². The average Bonchev–Trinajstić information content (AvgIpc) is 2.72. The molecule has 0 aliphatic rings. The van der Waals surface area contributed by atoms with Crippen LogP contribution in [-0.2, 0) is 0 Å². The van der Waals surface area contributed by atoms with Crippen LogP contribution in [0.5, 0.6) is 0 Å². The largest absolute Gasteiger partial charge is 0.331 e. The van der Waals surface area contributed by atoms with E-state index in [0.717, 1.165) is 5.56 Å². The van der Waals surface area contributed by atoms with Crippen LogP contribution < -0.4 is 5.32 Å². The molecular formula is C9H8N4S. The lowest BCUT2D eigenvalue weighted by atomic mass is 10.3. The summed E-state index contributed by atoms with van der Waals surface area (Å²) < 4.78 is 0. The number of nitrogens with one attached hydrogen (secondary N) is 2. The van der Waals surface area contributed by atoms with Crippen molar-refractivity contribution in [2.24, 2.45) is 0 Å². The SMILES string of the molecule is S=C(Nc1ncc[nH]1)c1ccncc1. The van der Waals surface area contributed by atoms with Gasteiger partial charge in [-0.05, 0) is 12.1 Å². The summed E-state index contributed by atoms with van der Waals surface area (Å²) in [6, 6.07) is 3.69. The van der Waals surface area contributed by atoms with Gasteiger partial charge in [0.15, 0.2) is 0 Å². The molecule has 0 saturated carbocycles. The number of nitrogens with zero attached hydrogens (tertiary/aromatic N) is 2. The molecule has 0 fully saturated rings. The molecule has 0 unspecified atom stereocenters. The second kappa shape index (κ2) is 3.97. The van der Waals surface area contributed by atoms with Gasteiger partial charge >= 0.3 is 0 Å². The summed E-state index contributed by atoms with van der Waals surface area (Å²) in [5.41, 5.74) is 0.923. The molecule has 0 aliphatic heterocycles. The number of aromatic nitrogens is 3. The second-order valence-corrected chi connectivity index (χ2v) is 3.04. The van der Waals surface area contributed by atoms with E-state index in [1.54, 1.807) is 24.8 Å². The highest BCUT2D eigenvalue weighted by molar-refractivity contribution is 7.81. The van der Waals surface area contributed by atoms with Gasteiger partial charge < -0.3 is 10.3 Å². The molecule has 2 heterocycles. The van der Waals surface area contributed by atoms with Crippen LogP contribution in [0.3, 0.4) is 0 Å². The van der Waals surface area contributed by atoms with Gasteiger partial charge in [0.05, 0.1) is 0 Å². The van der Waals surface area contributed by atoms with Crippen LogP contribution in [0.15, 0.2) is 36.9 Å². The van der Waals surface area contributed by atoms with E-state index in [0.29, 0.717) is 10.9 Å². The van der Waals surface area contributed by atoms with E-state index in [1.807, 2.05) is 12.1 Å². The molecule has 0 aromatic carbocycles. The third-order valence-corrected chi connectivity index (χ3v) is 2.01. The summed E-state index contributed by atoms with van der Waals surface area (Å²) in [7, 11) is 0. The van der Waals surface area contributed by atoms with Crippen molar-refractivity contribution >= 4 is 23.2 Å². The van der Waals surface area contributed by atoms with Gasteiger partial charge in [-0.2, -0.15) is 0 Å². The maximum absolute atomic E-state index is 5.17. The molecule has 0 bridgehead atoms. The van der Waals surface area contributed by atoms with Crippen molar-refractivity contribution in [2.75, 3.05) is 5.32 Å². The standard InChI is InChI=1S/C9H8N4S/c14-8(7-1-3-10-4-2-7)13-9-11-5-6-12-9/h1-6H,(H2,11,12,13,14). The Morgan fingerprint density at radius 1 is 1.29 bits per heavy atom. The molecule has 0 spiro atoms.